The fourth-order valence-corrected chi connectivity index (χ4v) is 3.15. The first kappa shape index (κ1) is 14.6. The Labute approximate surface area is 132 Å². The third kappa shape index (κ3) is 2.69. The first-order valence-electron chi connectivity index (χ1n) is 6.89. The maximum absolute atomic E-state index is 5.45. The standard InChI is InChI=1S/C16H17N3O2S/c1-10(12-8-11(20-2)4-5-14(12)21-3)19-16-15-13(6-7-22-15)17-9-18-16/h4-10H,1-3H3,(H,17,18,19)/t10-/m1/s1. The topological polar surface area (TPSA) is 56.3 Å². The first-order valence-corrected chi connectivity index (χ1v) is 7.77. The van der Waals surface area contributed by atoms with Crippen molar-refractivity contribution in [1.82, 2.24) is 9.97 Å². The van der Waals surface area contributed by atoms with Gasteiger partial charge in [-0.25, -0.2) is 9.97 Å². The second-order valence-electron chi connectivity index (χ2n) is 4.83. The van der Waals surface area contributed by atoms with Crippen molar-refractivity contribution in [3.8, 4) is 11.5 Å². The average Bonchev–Trinajstić information content (AvgIpc) is 3.03. The molecule has 0 aliphatic carbocycles. The van der Waals surface area contributed by atoms with Gasteiger partial charge >= 0.3 is 0 Å². The van der Waals surface area contributed by atoms with Crippen LogP contribution in [0.2, 0.25) is 0 Å². The molecule has 0 aliphatic rings. The van der Waals surface area contributed by atoms with Gasteiger partial charge in [0.05, 0.1) is 30.5 Å². The van der Waals surface area contributed by atoms with E-state index < -0.39 is 0 Å². The van der Waals surface area contributed by atoms with Crippen molar-refractivity contribution in [2.24, 2.45) is 0 Å². The van der Waals surface area contributed by atoms with Crippen LogP contribution < -0.4 is 14.8 Å². The van der Waals surface area contributed by atoms with Crippen LogP contribution in [0.5, 0.6) is 11.5 Å². The molecule has 0 spiro atoms. The Morgan fingerprint density at radius 1 is 1.14 bits per heavy atom. The summed E-state index contributed by atoms with van der Waals surface area (Å²) in [4.78, 5) is 8.62. The molecular formula is C16H17N3O2S. The highest BCUT2D eigenvalue weighted by Crippen LogP contribution is 2.33. The van der Waals surface area contributed by atoms with Crippen molar-refractivity contribution in [1.29, 1.82) is 0 Å². The smallest absolute Gasteiger partial charge is 0.147 e. The van der Waals surface area contributed by atoms with E-state index in [0.29, 0.717) is 0 Å². The number of fused-ring (bicyclic) bond motifs is 1. The van der Waals surface area contributed by atoms with Gasteiger partial charge in [0.2, 0.25) is 0 Å². The lowest BCUT2D eigenvalue weighted by molar-refractivity contribution is 0.397. The van der Waals surface area contributed by atoms with Crippen molar-refractivity contribution in [2.45, 2.75) is 13.0 Å². The van der Waals surface area contributed by atoms with E-state index in [1.54, 1.807) is 31.9 Å². The Kier molecular flexibility index (Phi) is 4.11. The second-order valence-corrected chi connectivity index (χ2v) is 5.75. The summed E-state index contributed by atoms with van der Waals surface area (Å²) >= 11 is 1.63. The van der Waals surface area contributed by atoms with Crippen molar-refractivity contribution in [3.05, 3.63) is 41.5 Å². The van der Waals surface area contributed by atoms with Crippen LogP contribution in [0.15, 0.2) is 36.0 Å². The largest absolute Gasteiger partial charge is 0.497 e. The normalized spacial score (nSPS) is 12.1. The molecule has 0 fully saturated rings. The van der Waals surface area contributed by atoms with Crippen molar-refractivity contribution in [3.63, 3.8) is 0 Å². The highest BCUT2D eigenvalue weighted by Gasteiger charge is 2.15. The number of hydrogen-bond donors (Lipinski definition) is 1. The summed E-state index contributed by atoms with van der Waals surface area (Å²) in [5.41, 5.74) is 1.97. The van der Waals surface area contributed by atoms with Crippen LogP contribution in [-0.2, 0) is 0 Å². The van der Waals surface area contributed by atoms with Gasteiger partial charge in [-0.1, -0.05) is 0 Å². The van der Waals surface area contributed by atoms with Gasteiger partial charge in [0.1, 0.15) is 23.6 Å². The van der Waals surface area contributed by atoms with E-state index in [4.69, 9.17) is 9.47 Å². The molecule has 0 bridgehead atoms. The molecule has 0 aliphatic heterocycles. The van der Waals surface area contributed by atoms with Gasteiger partial charge in [0, 0.05) is 5.56 Å². The molecule has 1 atom stereocenters. The number of methoxy groups -OCH3 is 2. The van der Waals surface area contributed by atoms with E-state index in [-0.39, 0.29) is 6.04 Å². The van der Waals surface area contributed by atoms with Crippen molar-refractivity contribution in [2.75, 3.05) is 19.5 Å². The summed E-state index contributed by atoms with van der Waals surface area (Å²) in [5.74, 6) is 2.45. The minimum Gasteiger partial charge on any atom is -0.497 e. The summed E-state index contributed by atoms with van der Waals surface area (Å²) in [6, 6.07) is 7.78. The molecule has 0 saturated carbocycles. The molecule has 3 rings (SSSR count). The number of benzene rings is 1. The predicted molar refractivity (Wildman–Crippen MR) is 89.0 cm³/mol. The number of hydrogen-bond acceptors (Lipinski definition) is 6. The van der Waals surface area contributed by atoms with E-state index in [1.165, 1.54) is 0 Å². The molecular weight excluding hydrogens is 298 g/mol. The van der Waals surface area contributed by atoms with E-state index in [2.05, 4.69) is 22.2 Å². The third-order valence-corrected chi connectivity index (χ3v) is 4.41. The number of aromatic nitrogens is 2. The summed E-state index contributed by atoms with van der Waals surface area (Å²) < 4.78 is 11.8. The molecule has 0 radical (unpaired) electrons. The van der Waals surface area contributed by atoms with E-state index in [0.717, 1.165) is 33.1 Å². The third-order valence-electron chi connectivity index (χ3n) is 3.50. The maximum Gasteiger partial charge on any atom is 0.147 e. The number of anilines is 1. The van der Waals surface area contributed by atoms with Gasteiger partial charge in [-0.3, -0.25) is 0 Å². The van der Waals surface area contributed by atoms with Crippen LogP contribution in [0, 0.1) is 0 Å². The Hall–Kier alpha value is -2.34. The van der Waals surface area contributed by atoms with Gasteiger partial charge in [-0.05, 0) is 36.6 Å². The fourth-order valence-electron chi connectivity index (χ4n) is 2.35. The van der Waals surface area contributed by atoms with Gasteiger partial charge in [0.15, 0.2) is 0 Å². The Bertz CT molecular complexity index is 788. The first-order chi connectivity index (χ1) is 10.7. The predicted octanol–water partition coefficient (Wildman–Crippen LogP) is 3.88. The highest BCUT2D eigenvalue weighted by molar-refractivity contribution is 7.17. The Morgan fingerprint density at radius 3 is 2.77 bits per heavy atom. The molecule has 2 heterocycles. The molecule has 1 N–H and O–H groups in total. The zero-order chi connectivity index (χ0) is 15.5. The van der Waals surface area contributed by atoms with Crippen LogP contribution >= 0.6 is 11.3 Å². The minimum atomic E-state index is 0.0187. The minimum absolute atomic E-state index is 0.0187. The zero-order valence-electron chi connectivity index (χ0n) is 12.7. The number of ether oxygens (including phenoxy) is 2. The lowest BCUT2D eigenvalue weighted by Gasteiger charge is -2.19. The summed E-state index contributed by atoms with van der Waals surface area (Å²) in [6.45, 7) is 2.07. The van der Waals surface area contributed by atoms with Gasteiger partial charge in [-0.15, -0.1) is 11.3 Å². The SMILES string of the molecule is COc1ccc(OC)c([C@@H](C)Nc2ncnc3ccsc23)c1. The number of nitrogens with zero attached hydrogens (tertiary/aromatic N) is 2. The molecule has 2 aromatic heterocycles. The highest BCUT2D eigenvalue weighted by atomic mass is 32.1. The van der Waals surface area contributed by atoms with E-state index in [9.17, 15) is 0 Å². The summed E-state index contributed by atoms with van der Waals surface area (Å²) in [7, 11) is 3.32. The molecule has 0 unspecified atom stereocenters. The van der Waals surface area contributed by atoms with Crippen molar-refractivity contribution >= 4 is 27.4 Å². The molecule has 114 valence electrons. The van der Waals surface area contributed by atoms with Crippen LogP contribution in [0.1, 0.15) is 18.5 Å². The molecule has 3 aromatic rings. The summed E-state index contributed by atoms with van der Waals surface area (Å²) in [5, 5.41) is 5.45. The second kappa shape index (κ2) is 6.19. The Balaban J connectivity index is 1.94. The average molecular weight is 315 g/mol. The molecule has 6 heteroatoms. The van der Waals surface area contributed by atoms with Crippen LogP contribution in [-0.4, -0.2) is 24.2 Å². The van der Waals surface area contributed by atoms with E-state index in [1.807, 2.05) is 29.6 Å². The van der Waals surface area contributed by atoms with Crippen LogP contribution in [0.4, 0.5) is 5.82 Å². The number of rotatable bonds is 5. The number of thiophene rings is 1. The Morgan fingerprint density at radius 2 is 2.00 bits per heavy atom. The molecule has 0 amide bonds. The molecule has 5 nitrogen and oxygen atoms in total. The van der Waals surface area contributed by atoms with Crippen molar-refractivity contribution < 1.29 is 9.47 Å². The quantitative estimate of drug-likeness (QED) is 0.774. The van der Waals surface area contributed by atoms with Crippen LogP contribution in [0.25, 0.3) is 10.2 Å². The zero-order valence-corrected chi connectivity index (χ0v) is 13.5. The van der Waals surface area contributed by atoms with Gasteiger partial charge in [0.25, 0.3) is 0 Å². The summed E-state index contributed by atoms with van der Waals surface area (Å²) in [6.07, 6.45) is 1.58. The lowest BCUT2D eigenvalue weighted by atomic mass is 10.1. The molecule has 0 saturated heterocycles. The van der Waals surface area contributed by atoms with Gasteiger partial charge < -0.3 is 14.8 Å². The maximum atomic E-state index is 5.45. The number of nitrogens with one attached hydrogen (secondary N) is 1. The molecule has 22 heavy (non-hydrogen) atoms. The van der Waals surface area contributed by atoms with Gasteiger partial charge in [-0.2, -0.15) is 0 Å². The van der Waals surface area contributed by atoms with Crippen LogP contribution in [0.3, 0.4) is 0 Å². The van der Waals surface area contributed by atoms with E-state index >= 15 is 0 Å². The lowest BCUT2D eigenvalue weighted by Crippen LogP contribution is -2.09. The molecule has 1 aromatic carbocycles. The monoisotopic (exact) mass is 315 g/mol. The fraction of sp³-hybridized carbons (Fsp3) is 0.250.